The molecule has 1 N–H and O–H groups in total. The first-order valence-corrected chi connectivity index (χ1v) is 6.49. The summed E-state index contributed by atoms with van der Waals surface area (Å²) in [5, 5.41) is 4.92. The summed E-state index contributed by atoms with van der Waals surface area (Å²) in [5.74, 6) is 0.881. The van der Waals surface area contributed by atoms with Crippen molar-refractivity contribution in [1.29, 1.82) is 0 Å². The van der Waals surface area contributed by atoms with Gasteiger partial charge in [0.2, 0.25) is 0 Å². The van der Waals surface area contributed by atoms with Crippen molar-refractivity contribution >= 4 is 16.6 Å². The molecule has 1 fully saturated rings. The average Bonchev–Trinajstić information content (AvgIpc) is 3.20. The Morgan fingerprint density at radius 1 is 1.29 bits per heavy atom. The van der Waals surface area contributed by atoms with E-state index in [-0.39, 0.29) is 0 Å². The van der Waals surface area contributed by atoms with Crippen molar-refractivity contribution in [1.82, 2.24) is 4.98 Å². The normalized spacial score (nSPS) is 17.0. The van der Waals surface area contributed by atoms with E-state index in [1.165, 1.54) is 30.3 Å². The van der Waals surface area contributed by atoms with Gasteiger partial charge in [0.1, 0.15) is 0 Å². The highest BCUT2D eigenvalue weighted by atomic mass is 14.9. The minimum absolute atomic E-state index is 0.626. The van der Waals surface area contributed by atoms with Crippen LogP contribution in [0.4, 0.5) is 5.69 Å². The average molecular weight is 226 g/mol. The predicted molar refractivity (Wildman–Crippen MR) is 72.2 cm³/mol. The topological polar surface area (TPSA) is 24.9 Å². The molecule has 0 radical (unpaired) electrons. The van der Waals surface area contributed by atoms with Crippen LogP contribution in [-0.4, -0.2) is 11.0 Å². The fourth-order valence-corrected chi connectivity index (χ4v) is 2.48. The monoisotopic (exact) mass is 226 g/mol. The van der Waals surface area contributed by atoms with Crippen LogP contribution in [0, 0.1) is 5.92 Å². The lowest BCUT2D eigenvalue weighted by atomic mass is 10.1. The zero-order chi connectivity index (χ0) is 11.7. The van der Waals surface area contributed by atoms with Crippen molar-refractivity contribution in [2.75, 3.05) is 5.32 Å². The van der Waals surface area contributed by atoms with E-state index in [9.17, 15) is 0 Å². The number of anilines is 1. The molecule has 0 bridgehead atoms. The third-order valence-electron chi connectivity index (χ3n) is 3.62. The van der Waals surface area contributed by atoms with Crippen LogP contribution in [0.2, 0.25) is 0 Å². The van der Waals surface area contributed by atoms with Gasteiger partial charge in [-0.05, 0) is 49.4 Å². The highest BCUT2D eigenvalue weighted by Crippen LogP contribution is 2.36. The van der Waals surface area contributed by atoms with E-state index in [4.69, 9.17) is 0 Å². The van der Waals surface area contributed by atoms with Crippen LogP contribution in [0.5, 0.6) is 0 Å². The fourth-order valence-electron chi connectivity index (χ4n) is 2.48. The molecule has 1 aromatic heterocycles. The number of pyridine rings is 1. The maximum Gasteiger partial charge on any atom is 0.0722 e. The van der Waals surface area contributed by atoms with Crippen molar-refractivity contribution < 1.29 is 0 Å². The number of fused-ring (bicyclic) bond motifs is 1. The molecule has 0 amide bonds. The number of hydrogen-bond donors (Lipinski definition) is 1. The number of hydrogen-bond acceptors (Lipinski definition) is 2. The van der Waals surface area contributed by atoms with Crippen LogP contribution in [0.25, 0.3) is 10.9 Å². The second-order valence-electron chi connectivity index (χ2n) is 4.87. The maximum atomic E-state index is 4.40. The highest BCUT2D eigenvalue weighted by Gasteiger charge is 2.29. The third kappa shape index (κ3) is 2.12. The first-order valence-electron chi connectivity index (χ1n) is 6.49. The van der Waals surface area contributed by atoms with Crippen LogP contribution >= 0.6 is 0 Å². The zero-order valence-corrected chi connectivity index (χ0v) is 10.2. The predicted octanol–water partition coefficient (Wildman–Crippen LogP) is 3.84. The van der Waals surface area contributed by atoms with Crippen LogP contribution in [0.3, 0.4) is 0 Å². The molecule has 2 aromatic rings. The lowest BCUT2D eigenvalue weighted by Crippen LogP contribution is -2.20. The molecular formula is C15H18N2. The standard InChI is InChI=1S/C15H18N2/c1-2-13(11-8-9-11)17-15-7-3-6-14-12(15)5-4-10-16-14/h3-7,10-11,13,17H,2,8-9H2,1H3. The molecular weight excluding hydrogens is 208 g/mol. The Hall–Kier alpha value is -1.57. The Morgan fingerprint density at radius 3 is 2.94 bits per heavy atom. The van der Waals surface area contributed by atoms with Gasteiger partial charge in [0, 0.05) is 23.3 Å². The number of benzene rings is 1. The lowest BCUT2D eigenvalue weighted by Gasteiger charge is -2.18. The zero-order valence-electron chi connectivity index (χ0n) is 10.2. The van der Waals surface area contributed by atoms with Gasteiger partial charge in [0.05, 0.1) is 5.52 Å². The molecule has 3 rings (SSSR count). The first kappa shape index (κ1) is 10.6. The van der Waals surface area contributed by atoms with Gasteiger partial charge in [-0.2, -0.15) is 0 Å². The number of aromatic nitrogens is 1. The van der Waals surface area contributed by atoms with E-state index in [0.717, 1.165) is 11.4 Å². The van der Waals surface area contributed by atoms with Crippen molar-refractivity contribution in [2.24, 2.45) is 5.92 Å². The number of rotatable bonds is 4. The summed E-state index contributed by atoms with van der Waals surface area (Å²) >= 11 is 0. The van der Waals surface area contributed by atoms with E-state index in [2.05, 4.69) is 41.5 Å². The Labute approximate surface area is 102 Å². The van der Waals surface area contributed by atoms with Gasteiger partial charge in [0.15, 0.2) is 0 Å². The molecule has 1 atom stereocenters. The second-order valence-corrected chi connectivity index (χ2v) is 4.87. The van der Waals surface area contributed by atoms with E-state index < -0.39 is 0 Å². The minimum atomic E-state index is 0.626. The molecule has 1 aliphatic carbocycles. The van der Waals surface area contributed by atoms with Crippen LogP contribution in [0.15, 0.2) is 36.5 Å². The van der Waals surface area contributed by atoms with Crippen LogP contribution in [-0.2, 0) is 0 Å². The summed E-state index contributed by atoms with van der Waals surface area (Å²) in [4.78, 5) is 4.40. The van der Waals surface area contributed by atoms with Gasteiger partial charge in [0.25, 0.3) is 0 Å². The fraction of sp³-hybridized carbons (Fsp3) is 0.400. The second kappa shape index (κ2) is 4.36. The van der Waals surface area contributed by atoms with Gasteiger partial charge >= 0.3 is 0 Å². The molecule has 88 valence electrons. The Kier molecular flexibility index (Phi) is 2.71. The highest BCUT2D eigenvalue weighted by molar-refractivity contribution is 5.91. The molecule has 1 unspecified atom stereocenters. The van der Waals surface area contributed by atoms with Gasteiger partial charge in [-0.1, -0.05) is 13.0 Å². The molecule has 1 heterocycles. The van der Waals surface area contributed by atoms with Gasteiger partial charge < -0.3 is 5.32 Å². The molecule has 2 nitrogen and oxygen atoms in total. The van der Waals surface area contributed by atoms with Gasteiger partial charge in [-0.3, -0.25) is 4.98 Å². The smallest absolute Gasteiger partial charge is 0.0722 e. The van der Waals surface area contributed by atoms with E-state index in [1.54, 1.807) is 0 Å². The molecule has 0 saturated heterocycles. The number of nitrogens with one attached hydrogen (secondary N) is 1. The molecule has 1 aromatic carbocycles. The van der Waals surface area contributed by atoms with Gasteiger partial charge in [-0.15, -0.1) is 0 Å². The first-order chi connectivity index (χ1) is 8.38. The van der Waals surface area contributed by atoms with Crippen LogP contribution in [0.1, 0.15) is 26.2 Å². The minimum Gasteiger partial charge on any atom is -0.381 e. The summed E-state index contributed by atoms with van der Waals surface area (Å²) in [6.45, 7) is 2.26. The Morgan fingerprint density at radius 2 is 2.18 bits per heavy atom. The lowest BCUT2D eigenvalue weighted by molar-refractivity contribution is 0.617. The third-order valence-corrected chi connectivity index (χ3v) is 3.62. The summed E-state index contributed by atoms with van der Waals surface area (Å²) in [7, 11) is 0. The largest absolute Gasteiger partial charge is 0.381 e. The van der Waals surface area contributed by atoms with E-state index in [0.29, 0.717) is 6.04 Å². The van der Waals surface area contributed by atoms with Crippen molar-refractivity contribution in [3.63, 3.8) is 0 Å². The van der Waals surface area contributed by atoms with Crippen molar-refractivity contribution in [2.45, 2.75) is 32.2 Å². The SMILES string of the molecule is CCC(Nc1cccc2ncccc12)C1CC1. The van der Waals surface area contributed by atoms with Crippen molar-refractivity contribution in [3.8, 4) is 0 Å². The van der Waals surface area contributed by atoms with E-state index in [1.807, 2.05) is 12.3 Å². The Balaban J connectivity index is 1.93. The molecule has 0 aliphatic heterocycles. The summed E-state index contributed by atoms with van der Waals surface area (Å²) in [6, 6.07) is 11.1. The molecule has 17 heavy (non-hydrogen) atoms. The summed E-state index contributed by atoms with van der Waals surface area (Å²) in [5.41, 5.74) is 2.30. The van der Waals surface area contributed by atoms with E-state index >= 15 is 0 Å². The van der Waals surface area contributed by atoms with Crippen LogP contribution < -0.4 is 5.32 Å². The maximum absolute atomic E-state index is 4.40. The summed E-state index contributed by atoms with van der Waals surface area (Å²) in [6.07, 6.45) is 5.81. The van der Waals surface area contributed by atoms with Gasteiger partial charge in [-0.25, -0.2) is 0 Å². The van der Waals surface area contributed by atoms with Crippen molar-refractivity contribution in [3.05, 3.63) is 36.5 Å². The Bertz CT molecular complexity index is 512. The molecule has 0 spiro atoms. The quantitative estimate of drug-likeness (QED) is 0.856. The molecule has 1 saturated carbocycles. The number of nitrogens with zero attached hydrogens (tertiary/aromatic N) is 1. The molecule has 2 heteroatoms. The molecule has 1 aliphatic rings. The summed E-state index contributed by atoms with van der Waals surface area (Å²) < 4.78 is 0.